The Morgan fingerprint density at radius 1 is 1.20 bits per heavy atom. The number of hydrogen-bond acceptors (Lipinski definition) is 2. The normalized spacial score (nSPS) is 13.4. The fourth-order valence-corrected chi connectivity index (χ4v) is 1.88. The molecule has 1 aromatic rings. The maximum Gasteiger partial charge on any atom is 0.120 e. The van der Waals surface area contributed by atoms with E-state index in [2.05, 4.69) is 20.8 Å². The monoisotopic (exact) mass is 209 g/mol. The van der Waals surface area contributed by atoms with Gasteiger partial charge < -0.3 is 10.2 Å². The molecule has 1 atom stereocenters. The molecule has 0 saturated carbocycles. The van der Waals surface area contributed by atoms with Gasteiger partial charge in [-0.2, -0.15) is 0 Å². The van der Waals surface area contributed by atoms with E-state index < -0.39 is 0 Å². The zero-order chi connectivity index (χ0) is 11.3. The summed E-state index contributed by atoms with van der Waals surface area (Å²) in [5.41, 5.74) is 6.12. The zero-order valence-corrected chi connectivity index (χ0v) is 10.1. The molecule has 2 nitrogen and oxygen atoms in total. The first-order valence-corrected chi connectivity index (χ1v) is 6.05. The summed E-state index contributed by atoms with van der Waals surface area (Å²) in [6.45, 7) is 6.54. The molecule has 1 unspecified atom stereocenters. The minimum atomic E-state index is 0.0650. The van der Waals surface area contributed by atoms with Crippen LogP contribution in [0.25, 0.3) is 0 Å². The van der Waals surface area contributed by atoms with Crippen molar-refractivity contribution in [2.75, 3.05) is 0 Å². The van der Waals surface area contributed by atoms with E-state index in [1.54, 1.807) is 0 Å². The van der Waals surface area contributed by atoms with Gasteiger partial charge in [0.05, 0.1) is 6.04 Å². The molecular formula is C13H23NO. The third-order valence-corrected chi connectivity index (χ3v) is 3.14. The van der Waals surface area contributed by atoms with Crippen LogP contribution < -0.4 is 5.73 Å². The van der Waals surface area contributed by atoms with Crippen molar-refractivity contribution in [3.63, 3.8) is 0 Å². The van der Waals surface area contributed by atoms with Crippen LogP contribution in [0.2, 0.25) is 0 Å². The first-order chi connectivity index (χ1) is 7.21. The van der Waals surface area contributed by atoms with Crippen LogP contribution in [0, 0.1) is 5.92 Å². The number of aryl methyl sites for hydroxylation is 1. The molecule has 15 heavy (non-hydrogen) atoms. The lowest BCUT2D eigenvalue weighted by atomic mass is 9.94. The second-order valence-electron chi connectivity index (χ2n) is 4.18. The van der Waals surface area contributed by atoms with Crippen LogP contribution in [0.5, 0.6) is 0 Å². The van der Waals surface area contributed by atoms with Gasteiger partial charge in [0, 0.05) is 6.42 Å². The van der Waals surface area contributed by atoms with Crippen LogP contribution >= 0.6 is 0 Å². The van der Waals surface area contributed by atoms with Gasteiger partial charge in [0.15, 0.2) is 0 Å². The number of furan rings is 1. The van der Waals surface area contributed by atoms with Gasteiger partial charge in [-0.3, -0.25) is 0 Å². The van der Waals surface area contributed by atoms with E-state index in [4.69, 9.17) is 10.2 Å². The third-order valence-electron chi connectivity index (χ3n) is 3.14. The van der Waals surface area contributed by atoms with E-state index in [1.165, 1.54) is 12.8 Å². The van der Waals surface area contributed by atoms with Gasteiger partial charge in [-0.15, -0.1) is 0 Å². The maximum absolute atomic E-state index is 6.12. The van der Waals surface area contributed by atoms with Gasteiger partial charge in [-0.1, -0.05) is 33.6 Å². The largest absolute Gasteiger partial charge is 0.464 e. The third kappa shape index (κ3) is 3.38. The molecule has 0 fully saturated rings. The molecular weight excluding hydrogens is 186 g/mol. The van der Waals surface area contributed by atoms with Gasteiger partial charge in [-0.25, -0.2) is 0 Å². The SMILES string of the molecule is CCc1ccc(C(N)CC(CC)CC)o1. The molecule has 2 heteroatoms. The fourth-order valence-electron chi connectivity index (χ4n) is 1.88. The molecule has 0 aliphatic rings. The standard InChI is InChI=1S/C13H23NO/c1-4-10(5-2)9-12(14)13-8-7-11(6-3)15-13/h7-8,10,12H,4-6,9,14H2,1-3H3. The second-order valence-corrected chi connectivity index (χ2v) is 4.18. The van der Waals surface area contributed by atoms with Crippen LogP contribution in [0.1, 0.15) is 57.6 Å². The minimum absolute atomic E-state index is 0.0650. The van der Waals surface area contributed by atoms with Gasteiger partial charge in [0.1, 0.15) is 11.5 Å². The summed E-state index contributed by atoms with van der Waals surface area (Å²) < 4.78 is 5.66. The van der Waals surface area contributed by atoms with Crippen molar-refractivity contribution in [2.24, 2.45) is 11.7 Å². The molecule has 0 bridgehead atoms. The molecule has 0 saturated heterocycles. The van der Waals surface area contributed by atoms with Gasteiger partial charge in [0.25, 0.3) is 0 Å². The lowest BCUT2D eigenvalue weighted by molar-refractivity contribution is 0.363. The average molecular weight is 209 g/mol. The Morgan fingerprint density at radius 3 is 2.33 bits per heavy atom. The first kappa shape index (κ1) is 12.3. The molecule has 86 valence electrons. The van der Waals surface area contributed by atoms with Crippen LogP contribution in [0.3, 0.4) is 0 Å². The van der Waals surface area contributed by atoms with Crippen molar-refractivity contribution in [1.29, 1.82) is 0 Å². The highest BCUT2D eigenvalue weighted by Crippen LogP contribution is 2.24. The average Bonchev–Trinajstić information content (AvgIpc) is 2.74. The first-order valence-electron chi connectivity index (χ1n) is 6.05. The predicted octanol–water partition coefficient (Wildman–Crippen LogP) is 3.67. The second kappa shape index (κ2) is 5.96. The Bertz CT molecular complexity index is 276. The number of rotatable bonds is 6. The van der Waals surface area contributed by atoms with E-state index in [-0.39, 0.29) is 6.04 Å². The van der Waals surface area contributed by atoms with Crippen molar-refractivity contribution >= 4 is 0 Å². The van der Waals surface area contributed by atoms with Crippen LogP contribution in [-0.2, 0) is 6.42 Å². The summed E-state index contributed by atoms with van der Waals surface area (Å²) in [4.78, 5) is 0. The maximum atomic E-state index is 6.12. The molecule has 0 spiro atoms. The highest BCUT2D eigenvalue weighted by Gasteiger charge is 2.15. The summed E-state index contributed by atoms with van der Waals surface area (Å²) in [7, 11) is 0. The van der Waals surface area contributed by atoms with E-state index in [1.807, 2.05) is 12.1 Å². The van der Waals surface area contributed by atoms with E-state index in [9.17, 15) is 0 Å². The van der Waals surface area contributed by atoms with Crippen molar-refractivity contribution in [1.82, 2.24) is 0 Å². The van der Waals surface area contributed by atoms with Crippen molar-refractivity contribution in [2.45, 2.75) is 52.5 Å². The quantitative estimate of drug-likeness (QED) is 0.776. The Hall–Kier alpha value is -0.760. The Labute approximate surface area is 92.9 Å². The molecule has 1 aromatic heterocycles. The smallest absolute Gasteiger partial charge is 0.120 e. The molecule has 1 heterocycles. The number of nitrogens with two attached hydrogens (primary N) is 1. The highest BCUT2D eigenvalue weighted by molar-refractivity contribution is 5.10. The fraction of sp³-hybridized carbons (Fsp3) is 0.692. The molecule has 0 aliphatic carbocycles. The lowest BCUT2D eigenvalue weighted by Crippen LogP contribution is -2.14. The molecule has 0 radical (unpaired) electrons. The topological polar surface area (TPSA) is 39.2 Å². The van der Waals surface area contributed by atoms with Gasteiger partial charge in [0.2, 0.25) is 0 Å². The van der Waals surface area contributed by atoms with Crippen molar-refractivity contribution in [3.8, 4) is 0 Å². The summed E-state index contributed by atoms with van der Waals surface area (Å²) >= 11 is 0. The Morgan fingerprint density at radius 2 is 1.87 bits per heavy atom. The summed E-state index contributed by atoms with van der Waals surface area (Å²) in [5.74, 6) is 2.69. The minimum Gasteiger partial charge on any atom is -0.464 e. The zero-order valence-electron chi connectivity index (χ0n) is 10.1. The number of hydrogen-bond donors (Lipinski definition) is 1. The molecule has 0 aromatic carbocycles. The summed E-state index contributed by atoms with van der Waals surface area (Å²) in [5, 5.41) is 0. The Kier molecular flexibility index (Phi) is 4.89. The lowest BCUT2D eigenvalue weighted by Gasteiger charge is -2.16. The molecule has 0 amide bonds. The summed E-state index contributed by atoms with van der Waals surface area (Å²) in [6, 6.07) is 4.11. The van der Waals surface area contributed by atoms with Crippen molar-refractivity contribution in [3.05, 3.63) is 23.7 Å². The van der Waals surface area contributed by atoms with Crippen LogP contribution in [-0.4, -0.2) is 0 Å². The van der Waals surface area contributed by atoms with E-state index >= 15 is 0 Å². The Balaban J connectivity index is 2.55. The highest BCUT2D eigenvalue weighted by atomic mass is 16.3. The summed E-state index contributed by atoms with van der Waals surface area (Å²) in [6.07, 6.45) is 4.37. The van der Waals surface area contributed by atoms with Gasteiger partial charge >= 0.3 is 0 Å². The van der Waals surface area contributed by atoms with Gasteiger partial charge in [-0.05, 0) is 24.5 Å². The molecule has 1 rings (SSSR count). The van der Waals surface area contributed by atoms with Crippen molar-refractivity contribution < 1.29 is 4.42 Å². The van der Waals surface area contributed by atoms with Crippen LogP contribution in [0.4, 0.5) is 0 Å². The van der Waals surface area contributed by atoms with Crippen LogP contribution in [0.15, 0.2) is 16.5 Å². The predicted molar refractivity (Wildman–Crippen MR) is 63.7 cm³/mol. The molecule has 0 aliphatic heterocycles. The van der Waals surface area contributed by atoms with E-state index in [0.29, 0.717) is 0 Å². The molecule has 2 N–H and O–H groups in total. The van der Waals surface area contributed by atoms with E-state index in [0.717, 1.165) is 30.3 Å².